The van der Waals surface area contributed by atoms with Crippen LogP contribution in [0.2, 0.25) is 0 Å². The van der Waals surface area contributed by atoms with Gasteiger partial charge in [0, 0.05) is 19.1 Å². The lowest BCUT2D eigenvalue weighted by Crippen LogP contribution is -2.56. The highest BCUT2D eigenvalue weighted by Crippen LogP contribution is 2.26. The number of carbonyl (C=O) groups is 1. The van der Waals surface area contributed by atoms with E-state index >= 15 is 0 Å². The topological polar surface area (TPSA) is 52.6 Å². The van der Waals surface area contributed by atoms with E-state index in [1.807, 2.05) is 7.05 Å². The monoisotopic (exact) mass is 212 g/mol. The van der Waals surface area contributed by atoms with Crippen LogP contribution in [0.4, 0.5) is 0 Å². The first-order valence-corrected chi connectivity index (χ1v) is 5.82. The number of likely N-dealkylation sites (N-methyl/N-ethyl adjacent to an activating group) is 1. The first-order valence-electron chi connectivity index (χ1n) is 5.82. The predicted molar refractivity (Wildman–Crippen MR) is 57.9 cm³/mol. The van der Waals surface area contributed by atoms with Crippen molar-refractivity contribution in [2.75, 3.05) is 20.1 Å². The van der Waals surface area contributed by atoms with Gasteiger partial charge in [0.05, 0.1) is 0 Å². The molecule has 1 aliphatic heterocycles. The normalized spacial score (nSPS) is 33.7. The average Bonchev–Trinajstić information content (AvgIpc) is 2.77. The number of carboxylic acids is 1. The van der Waals surface area contributed by atoms with Crippen LogP contribution in [0.25, 0.3) is 0 Å². The largest absolute Gasteiger partial charge is 0.480 e. The maximum Gasteiger partial charge on any atom is 0.325 e. The second kappa shape index (κ2) is 4.10. The van der Waals surface area contributed by atoms with Crippen molar-refractivity contribution >= 4 is 5.97 Å². The molecule has 0 aromatic heterocycles. The molecule has 2 aliphatic rings. The second-order valence-electron chi connectivity index (χ2n) is 5.00. The first kappa shape index (κ1) is 10.9. The van der Waals surface area contributed by atoms with Crippen molar-refractivity contribution in [2.24, 2.45) is 0 Å². The molecule has 0 aromatic carbocycles. The number of nitrogens with zero attached hydrogens (tertiary/aromatic N) is 1. The van der Waals surface area contributed by atoms with Gasteiger partial charge in [0.1, 0.15) is 5.54 Å². The summed E-state index contributed by atoms with van der Waals surface area (Å²) in [5.74, 6) is -0.682. The number of hydrogen-bond acceptors (Lipinski definition) is 3. The highest BCUT2D eigenvalue weighted by molar-refractivity contribution is 5.79. The fourth-order valence-electron chi connectivity index (χ4n) is 2.82. The molecule has 0 aromatic rings. The minimum atomic E-state index is -0.682. The Labute approximate surface area is 90.6 Å². The Morgan fingerprint density at radius 2 is 2.13 bits per heavy atom. The van der Waals surface area contributed by atoms with Crippen LogP contribution in [0.3, 0.4) is 0 Å². The van der Waals surface area contributed by atoms with Gasteiger partial charge >= 0.3 is 5.97 Å². The number of carboxylic acid groups (broad SMARTS) is 1. The van der Waals surface area contributed by atoms with Crippen LogP contribution >= 0.6 is 0 Å². The van der Waals surface area contributed by atoms with Crippen LogP contribution in [0.1, 0.15) is 32.1 Å². The summed E-state index contributed by atoms with van der Waals surface area (Å²) in [4.78, 5) is 13.5. The van der Waals surface area contributed by atoms with Gasteiger partial charge in [-0.15, -0.1) is 0 Å². The van der Waals surface area contributed by atoms with Gasteiger partial charge < -0.3 is 10.0 Å². The third kappa shape index (κ3) is 2.16. The van der Waals surface area contributed by atoms with Gasteiger partial charge in [0.2, 0.25) is 0 Å². The average molecular weight is 212 g/mol. The number of likely N-dealkylation sites (tertiary alicyclic amines) is 1. The van der Waals surface area contributed by atoms with Gasteiger partial charge in [-0.05, 0) is 26.3 Å². The molecule has 2 N–H and O–H groups in total. The van der Waals surface area contributed by atoms with E-state index in [9.17, 15) is 9.90 Å². The van der Waals surface area contributed by atoms with E-state index < -0.39 is 11.5 Å². The molecule has 1 aliphatic carbocycles. The summed E-state index contributed by atoms with van der Waals surface area (Å²) in [7, 11) is 1.99. The summed E-state index contributed by atoms with van der Waals surface area (Å²) in [5.41, 5.74) is -0.677. The Morgan fingerprint density at radius 3 is 2.60 bits per heavy atom. The van der Waals surface area contributed by atoms with E-state index in [0.29, 0.717) is 12.6 Å². The van der Waals surface area contributed by atoms with E-state index in [4.69, 9.17) is 0 Å². The molecule has 1 atom stereocenters. The summed E-state index contributed by atoms with van der Waals surface area (Å²) in [6.07, 6.45) is 5.49. The van der Waals surface area contributed by atoms with E-state index in [1.54, 1.807) is 0 Å². The zero-order valence-electron chi connectivity index (χ0n) is 9.33. The molecular weight excluding hydrogens is 192 g/mol. The lowest BCUT2D eigenvalue weighted by atomic mass is 9.97. The van der Waals surface area contributed by atoms with Gasteiger partial charge in [-0.25, -0.2) is 0 Å². The molecule has 1 saturated carbocycles. The fraction of sp³-hybridized carbons (Fsp3) is 0.909. The van der Waals surface area contributed by atoms with Crippen LogP contribution in [0, 0.1) is 0 Å². The van der Waals surface area contributed by atoms with Crippen molar-refractivity contribution < 1.29 is 9.90 Å². The van der Waals surface area contributed by atoms with Crippen LogP contribution in [-0.4, -0.2) is 47.7 Å². The predicted octanol–water partition coefficient (Wildman–Crippen LogP) is 0.677. The summed E-state index contributed by atoms with van der Waals surface area (Å²) >= 11 is 0. The summed E-state index contributed by atoms with van der Waals surface area (Å²) in [6, 6.07) is 0.424. The Morgan fingerprint density at radius 1 is 1.47 bits per heavy atom. The van der Waals surface area contributed by atoms with E-state index in [1.165, 1.54) is 12.8 Å². The molecule has 0 spiro atoms. The Kier molecular flexibility index (Phi) is 2.98. The van der Waals surface area contributed by atoms with Crippen molar-refractivity contribution in [3.63, 3.8) is 0 Å². The third-order valence-electron chi connectivity index (χ3n) is 3.71. The quantitative estimate of drug-likeness (QED) is 0.722. The van der Waals surface area contributed by atoms with Gasteiger partial charge in [-0.2, -0.15) is 0 Å². The number of rotatable bonds is 3. The molecule has 1 heterocycles. The highest BCUT2D eigenvalue weighted by atomic mass is 16.4. The van der Waals surface area contributed by atoms with Crippen molar-refractivity contribution in [2.45, 2.75) is 43.7 Å². The van der Waals surface area contributed by atoms with Crippen molar-refractivity contribution in [1.82, 2.24) is 10.2 Å². The molecule has 1 saturated heterocycles. The third-order valence-corrected chi connectivity index (χ3v) is 3.71. The standard InChI is InChI=1S/C11H20N2O2/c1-13-7-6-11(8-13,10(14)15)12-9-4-2-3-5-9/h9,12H,2-8H2,1H3,(H,14,15). The molecule has 0 bridgehead atoms. The smallest absolute Gasteiger partial charge is 0.325 e. The van der Waals surface area contributed by atoms with Crippen LogP contribution in [0.5, 0.6) is 0 Å². The molecule has 4 heteroatoms. The maximum atomic E-state index is 11.4. The lowest BCUT2D eigenvalue weighted by Gasteiger charge is -2.29. The minimum absolute atomic E-state index is 0.424. The fourth-order valence-corrected chi connectivity index (χ4v) is 2.82. The molecule has 2 fully saturated rings. The van der Waals surface area contributed by atoms with Gasteiger partial charge in [-0.1, -0.05) is 12.8 Å². The number of nitrogens with one attached hydrogen (secondary N) is 1. The number of hydrogen-bond donors (Lipinski definition) is 2. The first-order chi connectivity index (χ1) is 7.12. The maximum absolute atomic E-state index is 11.4. The summed E-state index contributed by atoms with van der Waals surface area (Å²) in [6.45, 7) is 1.52. The minimum Gasteiger partial charge on any atom is -0.480 e. The lowest BCUT2D eigenvalue weighted by molar-refractivity contribution is -0.144. The molecule has 4 nitrogen and oxygen atoms in total. The summed E-state index contributed by atoms with van der Waals surface area (Å²) in [5, 5.41) is 12.7. The van der Waals surface area contributed by atoms with Gasteiger partial charge in [0.25, 0.3) is 0 Å². The molecule has 1 unspecified atom stereocenters. The molecular formula is C11H20N2O2. The molecule has 2 rings (SSSR count). The molecule has 0 radical (unpaired) electrons. The van der Waals surface area contributed by atoms with E-state index in [2.05, 4.69) is 10.2 Å². The Bertz CT molecular complexity index is 251. The number of aliphatic carboxylic acids is 1. The van der Waals surface area contributed by atoms with Crippen molar-refractivity contribution in [1.29, 1.82) is 0 Å². The van der Waals surface area contributed by atoms with E-state index in [0.717, 1.165) is 25.8 Å². The zero-order chi connectivity index (χ0) is 10.9. The highest BCUT2D eigenvalue weighted by Gasteiger charge is 2.45. The second-order valence-corrected chi connectivity index (χ2v) is 5.00. The van der Waals surface area contributed by atoms with Crippen LogP contribution < -0.4 is 5.32 Å². The van der Waals surface area contributed by atoms with Gasteiger partial charge in [0.15, 0.2) is 0 Å². The summed E-state index contributed by atoms with van der Waals surface area (Å²) < 4.78 is 0. The SMILES string of the molecule is CN1CCC(NC2CCCC2)(C(=O)O)C1. The van der Waals surface area contributed by atoms with Gasteiger partial charge in [-0.3, -0.25) is 10.1 Å². The van der Waals surface area contributed by atoms with E-state index in [-0.39, 0.29) is 0 Å². The Balaban J connectivity index is 2.02. The Hall–Kier alpha value is -0.610. The molecule has 86 valence electrons. The van der Waals surface area contributed by atoms with Crippen molar-refractivity contribution in [3.05, 3.63) is 0 Å². The zero-order valence-corrected chi connectivity index (χ0v) is 9.33. The van der Waals surface area contributed by atoms with Crippen LogP contribution in [0.15, 0.2) is 0 Å². The van der Waals surface area contributed by atoms with Crippen LogP contribution in [-0.2, 0) is 4.79 Å². The molecule has 15 heavy (non-hydrogen) atoms. The molecule has 0 amide bonds. The van der Waals surface area contributed by atoms with Crippen molar-refractivity contribution in [3.8, 4) is 0 Å².